The minimum Gasteiger partial charge on any atom is -0.467 e. The van der Waals surface area contributed by atoms with E-state index in [9.17, 15) is 0 Å². The number of benzene rings is 1. The molecule has 3 aromatic rings. The molecule has 0 saturated carbocycles. The molecular weight excluding hydrogens is 314 g/mol. The van der Waals surface area contributed by atoms with E-state index in [1.165, 1.54) is 5.56 Å². The summed E-state index contributed by atoms with van der Waals surface area (Å²) < 4.78 is 6.22. The quantitative estimate of drug-likeness (QED) is 0.645. The van der Waals surface area contributed by atoms with Gasteiger partial charge in [-0.3, -0.25) is 0 Å². The van der Waals surface area contributed by atoms with Crippen molar-refractivity contribution < 1.29 is 4.42 Å². The Kier molecular flexibility index (Phi) is 5.28. The van der Waals surface area contributed by atoms with Crippen LogP contribution in [0.5, 0.6) is 0 Å². The molecule has 0 unspecified atom stereocenters. The Morgan fingerprint density at radius 3 is 2.86 bits per heavy atom. The lowest BCUT2D eigenvalue weighted by atomic mass is 10.2. The van der Waals surface area contributed by atoms with Gasteiger partial charge in [0, 0.05) is 5.75 Å². The van der Waals surface area contributed by atoms with Crippen LogP contribution in [0.15, 0.2) is 63.6 Å². The van der Waals surface area contributed by atoms with E-state index < -0.39 is 0 Å². The molecule has 0 amide bonds. The van der Waals surface area contributed by atoms with Gasteiger partial charge in [-0.05, 0) is 17.7 Å². The number of hydrogen-bond acceptors (Lipinski definition) is 6. The standard InChI is InChI=1S/C16H15N3OS2/c1-2-6-13(7-3-1)8-5-11-21-16-19-18-15(22-16)17-12-14-9-4-10-20-14/h1-10H,11-12H2,(H,17,18)/b8-5+. The van der Waals surface area contributed by atoms with Crippen molar-refractivity contribution in [3.8, 4) is 0 Å². The molecule has 0 aliphatic heterocycles. The zero-order chi connectivity index (χ0) is 15.0. The van der Waals surface area contributed by atoms with Gasteiger partial charge in [-0.2, -0.15) is 0 Å². The van der Waals surface area contributed by atoms with Crippen LogP contribution in [0.1, 0.15) is 11.3 Å². The average Bonchev–Trinajstić information content (AvgIpc) is 3.22. The molecular formula is C16H15N3OS2. The van der Waals surface area contributed by atoms with Gasteiger partial charge in [0.15, 0.2) is 4.34 Å². The summed E-state index contributed by atoms with van der Waals surface area (Å²) in [7, 11) is 0. The molecule has 112 valence electrons. The Hall–Kier alpha value is -2.05. The summed E-state index contributed by atoms with van der Waals surface area (Å²) in [5.41, 5.74) is 1.21. The summed E-state index contributed by atoms with van der Waals surface area (Å²) in [4.78, 5) is 0. The van der Waals surface area contributed by atoms with Gasteiger partial charge in [0.25, 0.3) is 0 Å². The van der Waals surface area contributed by atoms with Gasteiger partial charge in [0.2, 0.25) is 5.13 Å². The van der Waals surface area contributed by atoms with Crippen molar-refractivity contribution in [2.45, 2.75) is 10.9 Å². The minimum absolute atomic E-state index is 0.625. The Morgan fingerprint density at radius 1 is 1.14 bits per heavy atom. The van der Waals surface area contributed by atoms with Gasteiger partial charge >= 0.3 is 0 Å². The van der Waals surface area contributed by atoms with Gasteiger partial charge in [-0.15, -0.1) is 10.2 Å². The first kappa shape index (κ1) is 14.9. The van der Waals surface area contributed by atoms with Crippen LogP contribution in [0.3, 0.4) is 0 Å². The van der Waals surface area contributed by atoms with E-state index >= 15 is 0 Å². The molecule has 3 rings (SSSR count). The highest BCUT2D eigenvalue weighted by molar-refractivity contribution is 8.01. The summed E-state index contributed by atoms with van der Waals surface area (Å²) in [5.74, 6) is 1.76. The molecule has 2 heterocycles. The Labute approximate surface area is 137 Å². The molecule has 22 heavy (non-hydrogen) atoms. The summed E-state index contributed by atoms with van der Waals surface area (Å²) in [6.45, 7) is 0.625. The summed E-state index contributed by atoms with van der Waals surface area (Å²) in [6.07, 6.45) is 5.92. The number of rotatable bonds is 7. The first-order chi connectivity index (χ1) is 10.9. The van der Waals surface area contributed by atoms with E-state index in [4.69, 9.17) is 4.42 Å². The summed E-state index contributed by atoms with van der Waals surface area (Å²) in [6, 6.07) is 14.1. The van der Waals surface area contributed by atoms with Gasteiger partial charge in [0.1, 0.15) is 5.76 Å². The maximum Gasteiger partial charge on any atom is 0.206 e. The highest BCUT2D eigenvalue weighted by atomic mass is 32.2. The van der Waals surface area contributed by atoms with E-state index in [1.807, 2.05) is 30.3 Å². The largest absolute Gasteiger partial charge is 0.467 e. The molecule has 1 aromatic carbocycles. The molecule has 0 aliphatic carbocycles. The SMILES string of the molecule is C(=C\c1ccccc1)/CSc1nnc(NCc2ccco2)s1. The van der Waals surface area contributed by atoms with E-state index in [0.717, 1.165) is 21.0 Å². The monoisotopic (exact) mass is 329 g/mol. The third-order valence-electron chi connectivity index (χ3n) is 2.81. The smallest absolute Gasteiger partial charge is 0.206 e. The second-order valence-electron chi connectivity index (χ2n) is 4.43. The molecule has 6 heteroatoms. The number of anilines is 1. The number of hydrogen-bond donors (Lipinski definition) is 1. The minimum atomic E-state index is 0.625. The fourth-order valence-corrected chi connectivity index (χ4v) is 3.37. The first-order valence-electron chi connectivity index (χ1n) is 6.84. The third kappa shape index (κ3) is 4.47. The van der Waals surface area contributed by atoms with Gasteiger partial charge in [0.05, 0.1) is 12.8 Å². The maximum atomic E-state index is 5.26. The zero-order valence-corrected chi connectivity index (χ0v) is 13.4. The Balaban J connectivity index is 1.44. The Bertz CT molecular complexity index is 708. The van der Waals surface area contributed by atoms with Crippen molar-refractivity contribution in [3.63, 3.8) is 0 Å². The van der Waals surface area contributed by atoms with Gasteiger partial charge in [-0.25, -0.2) is 0 Å². The number of thioether (sulfide) groups is 1. The topological polar surface area (TPSA) is 51.0 Å². The van der Waals surface area contributed by atoms with Gasteiger partial charge in [-0.1, -0.05) is 65.6 Å². The van der Waals surface area contributed by atoms with Crippen molar-refractivity contribution in [2.24, 2.45) is 0 Å². The molecule has 0 aliphatic rings. The lowest BCUT2D eigenvalue weighted by molar-refractivity contribution is 0.518. The fourth-order valence-electron chi connectivity index (χ4n) is 1.78. The molecule has 4 nitrogen and oxygen atoms in total. The fraction of sp³-hybridized carbons (Fsp3) is 0.125. The van der Waals surface area contributed by atoms with Gasteiger partial charge < -0.3 is 9.73 Å². The van der Waals surface area contributed by atoms with Crippen molar-refractivity contribution in [2.75, 3.05) is 11.1 Å². The molecule has 1 N–H and O–H groups in total. The van der Waals surface area contributed by atoms with Crippen LogP contribution >= 0.6 is 23.1 Å². The van der Waals surface area contributed by atoms with Crippen LogP contribution < -0.4 is 5.32 Å². The van der Waals surface area contributed by atoms with E-state index in [1.54, 1.807) is 29.4 Å². The van der Waals surface area contributed by atoms with Crippen LogP contribution in [0, 0.1) is 0 Å². The first-order valence-corrected chi connectivity index (χ1v) is 8.64. The average molecular weight is 329 g/mol. The molecule has 2 aromatic heterocycles. The number of nitrogens with one attached hydrogen (secondary N) is 1. The lowest BCUT2D eigenvalue weighted by Gasteiger charge is -1.96. The van der Waals surface area contributed by atoms with Crippen LogP contribution in [0.2, 0.25) is 0 Å². The predicted molar refractivity (Wildman–Crippen MR) is 92.1 cm³/mol. The zero-order valence-electron chi connectivity index (χ0n) is 11.8. The van der Waals surface area contributed by atoms with E-state index in [-0.39, 0.29) is 0 Å². The highest BCUT2D eigenvalue weighted by Crippen LogP contribution is 2.26. The summed E-state index contributed by atoms with van der Waals surface area (Å²) in [5, 5.41) is 12.3. The maximum absolute atomic E-state index is 5.26. The van der Waals surface area contributed by atoms with Crippen LogP contribution in [0.4, 0.5) is 5.13 Å². The molecule has 0 fully saturated rings. The normalized spacial score (nSPS) is 11.1. The highest BCUT2D eigenvalue weighted by Gasteiger charge is 2.04. The number of furan rings is 1. The van der Waals surface area contributed by atoms with E-state index in [2.05, 4.69) is 39.8 Å². The molecule has 0 atom stereocenters. The van der Waals surface area contributed by atoms with E-state index in [0.29, 0.717) is 6.54 Å². The van der Waals surface area contributed by atoms with Crippen LogP contribution in [-0.4, -0.2) is 16.0 Å². The van der Waals surface area contributed by atoms with Crippen molar-refractivity contribution >= 4 is 34.3 Å². The third-order valence-corrected chi connectivity index (χ3v) is 4.78. The van der Waals surface area contributed by atoms with Crippen molar-refractivity contribution in [1.82, 2.24) is 10.2 Å². The second kappa shape index (κ2) is 7.82. The molecule has 0 bridgehead atoms. The number of nitrogens with zero attached hydrogens (tertiary/aromatic N) is 2. The van der Waals surface area contributed by atoms with Crippen molar-refractivity contribution in [1.29, 1.82) is 0 Å². The predicted octanol–water partition coefficient (Wildman–Crippen LogP) is 4.55. The summed E-state index contributed by atoms with van der Waals surface area (Å²) >= 11 is 3.23. The van der Waals surface area contributed by atoms with Crippen molar-refractivity contribution in [3.05, 3.63) is 66.1 Å². The lowest BCUT2D eigenvalue weighted by Crippen LogP contribution is -1.96. The molecule has 0 radical (unpaired) electrons. The van der Waals surface area contributed by atoms with Crippen LogP contribution in [0.25, 0.3) is 6.08 Å². The van der Waals surface area contributed by atoms with Crippen LogP contribution in [-0.2, 0) is 6.54 Å². The molecule has 0 saturated heterocycles. The Morgan fingerprint density at radius 2 is 2.05 bits per heavy atom. The molecule has 0 spiro atoms. The number of aromatic nitrogens is 2. The second-order valence-corrected chi connectivity index (χ2v) is 6.67.